The van der Waals surface area contributed by atoms with Crippen molar-refractivity contribution in [2.75, 3.05) is 17.7 Å². The minimum absolute atomic E-state index is 0.355. The standard InChI is InChI=1S/C24H27BrN4O4S/c1-16-14-19(17(2)28(16)21-8-6-20(25)7-9-21)15-26-27-24(30)18(3)29(34(5,31)32)22-10-12-23(33-4)13-11-22/h6-15,18H,1-5H3,(H,27,30)/b26-15-/t18-/m1/s1. The van der Waals surface area contributed by atoms with Gasteiger partial charge in [0.15, 0.2) is 0 Å². The van der Waals surface area contributed by atoms with Crippen LogP contribution in [0.4, 0.5) is 5.69 Å². The fourth-order valence-electron chi connectivity index (χ4n) is 3.70. The number of aryl methyl sites for hydroxylation is 1. The highest BCUT2D eigenvalue weighted by atomic mass is 79.9. The summed E-state index contributed by atoms with van der Waals surface area (Å²) in [6, 6.07) is 15.4. The van der Waals surface area contributed by atoms with Gasteiger partial charge in [-0.25, -0.2) is 13.8 Å². The Hall–Kier alpha value is -3.11. The van der Waals surface area contributed by atoms with Gasteiger partial charge in [-0.05, 0) is 75.4 Å². The van der Waals surface area contributed by atoms with Crippen LogP contribution in [-0.4, -0.2) is 44.5 Å². The van der Waals surface area contributed by atoms with Gasteiger partial charge in [0.2, 0.25) is 10.0 Å². The van der Waals surface area contributed by atoms with E-state index in [4.69, 9.17) is 4.74 Å². The van der Waals surface area contributed by atoms with E-state index < -0.39 is 22.0 Å². The Labute approximate surface area is 208 Å². The number of sulfonamides is 1. The Morgan fingerprint density at radius 1 is 1.15 bits per heavy atom. The molecule has 0 aliphatic carbocycles. The second kappa shape index (κ2) is 10.4. The van der Waals surface area contributed by atoms with Crippen molar-refractivity contribution in [3.8, 4) is 11.4 Å². The van der Waals surface area contributed by atoms with Gasteiger partial charge in [-0.2, -0.15) is 5.10 Å². The number of nitrogens with one attached hydrogen (secondary N) is 1. The number of nitrogens with zero attached hydrogens (tertiary/aromatic N) is 3. The van der Waals surface area contributed by atoms with E-state index in [9.17, 15) is 13.2 Å². The van der Waals surface area contributed by atoms with Crippen molar-refractivity contribution in [3.63, 3.8) is 0 Å². The van der Waals surface area contributed by atoms with Crippen molar-refractivity contribution >= 4 is 43.8 Å². The Kier molecular flexibility index (Phi) is 7.83. The number of hydrogen-bond donors (Lipinski definition) is 1. The van der Waals surface area contributed by atoms with Crippen molar-refractivity contribution in [2.24, 2.45) is 5.10 Å². The van der Waals surface area contributed by atoms with Crippen LogP contribution in [0.15, 0.2) is 64.2 Å². The maximum absolute atomic E-state index is 12.8. The van der Waals surface area contributed by atoms with Crippen LogP contribution in [0.5, 0.6) is 5.75 Å². The topological polar surface area (TPSA) is 93.0 Å². The average molecular weight is 547 g/mol. The van der Waals surface area contributed by atoms with Gasteiger partial charge in [-0.3, -0.25) is 9.10 Å². The summed E-state index contributed by atoms with van der Waals surface area (Å²) in [5.74, 6) is 0.0267. The molecule has 0 saturated heterocycles. The third-order valence-corrected chi connectivity index (χ3v) is 7.12. The van der Waals surface area contributed by atoms with Gasteiger partial charge in [0, 0.05) is 27.1 Å². The number of ether oxygens (including phenoxy) is 1. The van der Waals surface area contributed by atoms with Crippen LogP contribution in [0, 0.1) is 13.8 Å². The van der Waals surface area contributed by atoms with Crippen molar-refractivity contribution in [1.29, 1.82) is 0 Å². The molecule has 1 amide bonds. The summed E-state index contributed by atoms with van der Waals surface area (Å²) < 4.78 is 34.1. The molecule has 34 heavy (non-hydrogen) atoms. The van der Waals surface area contributed by atoms with E-state index in [1.165, 1.54) is 14.0 Å². The van der Waals surface area contributed by atoms with Gasteiger partial charge in [0.1, 0.15) is 11.8 Å². The van der Waals surface area contributed by atoms with Crippen molar-refractivity contribution in [3.05, 3.63) is 76.0 Å². The number of anilines is 1. The normalized spacial score (nSPS) is 12.5. The van der Waals surface area contributed by atoms with Gasteiger partial charge < -0.3 is 9.30 Å². The van der Waals surface area contributed by atoms with Crippen LogP contribution in [0.3, 0.4) is 0 Å². The van der Waals surface area contributed by atoms with E-state index in [1.54, 1.807) is 30.5 Å². The molecule has 2 aromatic carbocycles. The Morgan fingerprint density at radius 3 is 2.32 bits per heavy atom. The minimum atomic E-state index is -3.73. The van der Waals surface area contributed by atoms with Crippen LogP contribution in [0.1, 0.15) is 23.9 Å². The molecule has 8 nitrogen and oxygen atoms in total. The molecule has 0 unspecified atom stereocenters. The summed E-state index contributed by atoms with van der Waals surface area (Å²) in [5.41, 5.74) is 6.64. The van der Waals surface area contributed by atoms with Crippen molar-refractivity contribution in [2.45, 2.75) is 26.8 Å². The molecule has 180 valence electrons. The lowest BCUT2D eigenvalue weighted by atomic mass is 10.2. The summed E-state index contributed by atoms with van der Waals surface area (Å²) in [4.78, 5) is 12.8. The molecular weight excluding hydrogens is 520 g/mol. The molecule has 0 aliphatic rings. The van der Waals surface area contributed by atoms with E-state index in [2.05, 4.69) is 31.0 Å². The second-order valence-corrected chi connectivity index (χ2v) is 10.6. The molecule has 3 aromatic rings. The molecule has 1 heterocycles. The fraction of sp³-hybridized carbons (Fsp3) is 0.250. The summed E-state index contributed by atoms with van der Waals surface area (Å²) in [6.07, 6.45) is 2.61. The first-order chi connectivity index (χ1) is 16.0. The number of rotatable bonds is 8. The van der Waals surface area contributed by atoms with Gasteiger partial charge in [0.05, 0.1) is 25.3 Å². The van der Waals surface area contributed by atoms with Gasteiger partial charge in [0.25, 0.3) is 5.91 Å². The summed E-state index contributed by atoms with van der Waals surface area (Å²) in [7, 11) is -2.21. The largest absolute Gasteiger partial charge is 0.497 e. The van der Waals surface area contributed by atoms with Crippen LogP contribution < -0.4 is 14.5 Å². The molecule has 1 aromatic heterocycles. The van der Waals surface area contributed by atoms with Crippen molar-refractivity contribution < 1.29 is 17.9 Å². The number of benzene rings is 2. The zero-order valence-corrected chi connectivity index (χ0v) is 22.0. The van der Waals surface area contributed by atoms with Crippen LogP contribution in [0.2, 0.25) is 0 Å². The van der Waals surface area contributed by atoms with E-state index in [0.29, 0.717) is 11.4 Å². The van der Waals surface area contributed by atoms with Gasteiger partial charge >= 0.3 is 0 Å². The fourth-order valence-corrected chi connectivity index (χ4v) is 5.14. The molecule has 0 spiro atoms. The SMILES string of the molecule is COc1ccc(N([C@H](C)C(=O)N/N=C\c2cc(C)n(-c3ccc(Br)cc3)c2C)S(C)(=O)=O)cc1. The molecule has 0 saturated carbocycles. The number of hydrogen-bond acceptors (Lipinski definition) is 5. The van der Waals surface area contributed by atoms with Crippen LogP contribution in [-0.2, 0) is 14.8 Å². The number of carbonyl (C=O) groups excluding carboxylic acids is 1. The molecule has 1 N–H and O–H groups in total. The molecular formula is C24H27BrN4O4S. The lowest BCUT2D eigenvalue weighted by Crippen LogP contribution is -2.46. The summed E-state index contributed by atoms with van der Waals surface area (Å²) in [6.45, 7) is 5.47. The van der Waals surface area contributed by atoms with Crippen LogP contribution >= 0.6 is 15.9 Å². The first-order valence-electron chi connectivity index (χ1n) is 10.4. The second-order valence-electron chi connectivity index (χ2n) is 7.81. The van der Waals surface area contributed by atoms with Crippen LogP contribution in [0.25, 0.3) is 5.69 Å². The quantitative estimate of drug-likeness (QED) is 0.339. The number of amides is 1. The van der Waals surface area contributed by atoms with Gasteiger partial charge in [-0.1, -0.05) is 15.9 Å². The highest BCUT2D eigenvalue weighted by Gasteiger charge is 2.29. The molecule has 3 rings (SSSR count). The average Bonchev–Trinajstić information content (AvgIpc) is 3.07. The number of carbonyl (C=O) groups is 1. The number of methoxy groups -OCH3 is 1. The number of hydrazone groups is 1. The zero-order valence-electron chi connectivity index (χ0n) is 19.6. The minimum Gasteiger partial charge on any atom is -0.497 e. The highest BCUT2D eigenvalue weighted by Crippen LogP contribution is 2.24. The smallest absolute Gasteiger partial charge is 0.263 e. The zero-order chi connectivity index (χ0) is 25.0. The molecule has 0 fully saturated rings. The van der Waals surface area contributed by atoms with Crippen molar-refractivity contribution in [1.82, 2.24) is 9.99 Å². The Balaban J connectivity index is 1.78. The lowest BCUT2D eigenvalue weighted by Gasteiger charge is -2.27. The van der Waals surface area contributed by atoms with Gasteiger partial charge in [-0.15, -0.1) is 0 Å². The summed E-state index contributed by atoms with van der Waals surface area (Å²) in [5, 5.41) is 4.08. The predicted molar refractivity (Wildman–Crippen MR) is 138 cm³/mol. The number of aromatic nitrogens is 1. The molecule has 0 radical (unpaired) electrons. The van der Waals surface area contributed by atoms with E-state index in [1.807, 2.05) is 44.2 Å². The monoisotopic (exact) mass is 546 g/mol. The molecule has 0 bridgehead atoms. The first-order valence-corrected chi connectivity index (χ1v) is 13.1. The van der Waals surface area contributed by atoms with E-state index >= 15 is 0 Å². The maximum atomic E-state index is 12.8. The molecule has 0 aliphatic heterocycles. The van der Waals surface area contributed by atoms with E-state index in [0.717, 1.165) is 37.7 Å². The third kappa shape index (κ3) is 5.68. The molecule has 1 atom stereocenters. The maximum Gasteiger partial charge on any atom is 0.263 e. The Bertz CT molecular complexity index is 1300. The predicted octanol–water partition coefficient (Wildman–Crippen LogP) is 4.17. The Morgan fingerprint density at radius 2 is 1.76 bits per heavy atom. The lowest BCUT2D eigenvalue weighted by molar-refractivity contribution is -0.121. The van der Waals surface area contributed by atoms with E-state index in [-0.39, 0.29) is 0 Å². The summed E-state index contributed by atoms with van der Waals surface area (Å²) >= 11 is 3.45. The first kappa shape index (κ1) is 25.5. The third-order valence-electron chi connectivity index (χ3n) is 5.35. The highest BCUT2D eigenvalue weighted by molar-refractivity contribution is 9.10. The number of halogens is 1. The molecule has 10 heteroatoms.